The number of hydrogen-bond acceptors (Lipinski definition) is 7. The maximum atomic E-state index is 14.3. The van der Waals surface area contributed by atoms with Crippen LogP contribution >= 0.6 is 22.9 Å². The van der Waals surface area contributed by atoms with Gasteiger partial charge in [0.15, 0.2) is 0 Å². The number of fused-ring (bicyclic) bond motifs is 2. The van der Waals surface area contributed by atoms with E-state index in [9.17, 15) is 9.59 Å². The van der Waals surface area contributed by atoms with E-state index in [0.717, 1.165) is 45.1 Å². The summed E-state index contributed by atoms with van der Waals surface area (Å²) in [6.45, 7) is 2.99. The van der Waals surface area contributed by atoms with Crippen LogP contribution in [0.4, 0.5) is 0 Å². The minimum atomic E-state index is -0.289. The lowest BCUT2D eigenvalue weighted by Crippen LogP contribution is -2.62. The number of benzene rings is 3. The molecule has 256 valence electrons. The lowest BCUT2D eigenvalue weighted by Gasteiger charge is -2.44. The van der Waals surface area contributed by atoms with Crippen molar-refractivity contribution in [2.75, 3.05) is 40.5 Å². The third kappa shape index (κ3) is 8.72. The zero-order chi connectivity index (χ0) is 34.2. The van der Waals surface area contributed by atoms with Crippen molar-refractivity contribution in [1.29, 1.82) is 0 Å². The van der Waals surface area contributed by atoms with Crippen LogP contribution in [0.3, 0.4) is 0 Å². The highest BCUT2D eigenvalue weighted by molar-refractivity contribution is 7.10. The van der Waals surface area contributed by atoms with E-state index in [1.54, 1.807) is 23.3 Å². The summed E-state index contributed by atoms with van der Waals surface area (Å²) < 4.78 is 17.3. The van der Waals surface area contributed by atoms with Gasteiger partial charge in [-0.25, -0.2) is 0 Å². The first kappa shape index (κ1) is 34.7. The smallest absolute Gasteiger partial charge is 0.251 e. The van der Waals surface area contributed by atoms with Crippen LogP contribution in [0.1, 0.15) is 34.4 Å². The number of hydrogen-bond donors (Lipinski definition) is 1. The van der Waals surface area contributed by atoms with Crippen molar-refractivity contribution in [1.82, 2.24) is 15.1 Å². The zero-order valence-electron chi connectivity index (χ0n) is 27.9. The Hall–Kier alpha value is -4.15. The monoisotopic (exact) mass is 699 g/mol. The van der Waals surface area contributed by atoms with Gasteiger partial charge in [0.05, 0.1) is 39.4 Å². The number of piperazine rings is 1. The molecule has 8 nitrogen and oxygen atoms in total. The van der Waals surface area contributed by atoms with Crippen molar-refractivity contribution in [3.63, 3.8) is 0 Å². The molecule has 2 aliphatic rings. The predicted molar refractivity (Wildman–Crippen MR) is 194 cm³/mol. The fourth-order valence-electron chi connectivity index (χ4n) is 6.51. The van der Waals surface area contributed by atoms with E-state index in [-0.39, 0.29) is 23.9 Å². The van der Waals surface area contributed by atoms with E-state index < -0.39 is 0 Å². The number of nitrogens with one attached hydrogen (secondary N) is 1. The lowest BCUT2D eigenvalue weighted by molar-refractivity contribution is -0.133. The van der Waals surface area contributed by atoms with E-state index in [1.807, 2.05) is 102 Å². The number of para-hydroxylation sites is 1. The van der Waals surface area contributed by atoms with Gasteiger partial charge in [0, 0.05) is 60.2 Å². The Bertz CT molecular complexity index is 1760. The molecule has 1 saturated heterocycles. The molecule has 3 heterocycles. The molecule has 1 fully saturated rings. The summed E-state index contributed by atoms with van der Waals surface area (Å²) in [7, 11) is 3.47. The van der Waals surface area contributed by atoms with Gasteiger partial charge in [-0.05, 0) is 58.8 Å². The Labute approximate surface area is 297 Å². The Morgan fingerprint density at radius 1 is 0.959 bits per heavy atom. The zero-order valence-corrected chi connectivity index (χ0v) is 29.5. The molecule has 10 heteroatoms. The van der Waals surface area contributed by atoms with Crippen molar-refractivity contribution in [3.8, 4) is 11.5 Å². The summed E-state index contributed by atoms with van der Waals surface area (Å²) in [6, 6.07) is 27.1. The molecule has 6 rings (SSSR count). The number of carbonyl (C=O) groups is 2. The molecular formula is C39H42ClN3O5S. The molecule has 2 aliphatic heterocycles. The first-order valence-electron chi connectivity index (χ1n) is 16.6. The van der Waals surface area contributed by atoms with Crippen LogP contribution in [0.2, 0.25) is 5.02 Å². The van der Waals surface area contributed by atoms with Gasteiger partial charge in [-0.1, -0.05) is 66.2 Å². The summed E-state index contributed by atoms with van der Waals surface area (Å²) in [5, 5.41) is 6.28. The van der Waals surface area contributed by atoms with E-state index >= 15 is 0 Å². The summed E-state index contributed by atoms with van der Waals surface area (Å²) in [4.78, 5) is 32.3. The van der Waals surface area contributed by atoms with Crippen molar-refractivity contribution in [3.05, 3.63) is 122 Å². The van der Waals surface area contributed by atoms with Crippen molar-refractivity contribution >= 4 is 40.3 Å². The van der Waals surface area contributed by atoms with Crippen LogP contribution in [0.15, 0.2) is 95.9 Å². The van der Waals surface area contributed by atoms with Crippen molar-refractivity contribution in [2.24, 2.45) is 0 Å². The van der Waals surface area contributed by atoms with Crippen LogP contribution in [-0.4, -0.2) is 74.2 Å². The molecular weight excluding hydrogens is 658 g/mol. The maximum Gasteiger partial charge on any atom is 0.251 e. The Kier molecular flexibility index (Phi) is 11.7. The summed E-state index contributed by atoms with van der Waals surface area (Å²) in [6.07, 6.45) is 1.75. The molecule has 0 unspecified atom stereocenters. The third-order valence-corrected chi connectivity index (χ3v) is 10.2. The number of thiophene rings is 1. The number of amides is 2. The van der Waals surface area contributed by atoms with Gasteiger partial charge in [0.1, 0.15) is 11.5 Å². The first-order valence-corrected chi connectivity index (χ1v) is 17.9. The second kappa shape index (κ2) is 16.5. The second-order valence-corrected chi connectivity index (χ2v) is 13.9. The van der Waals surface area contributed by atoms with E-state index in [2.05, 4.69) is 5.32 Å². The molecule has 3 aromatic carbocycles. The van der Waals surface area contributed by atoms with Gasteiger partial charge in [-0.2, -0.15) is 0 Å². The first-order chi connectivity index (χ1) is 23.9. The highest BCUT2D eigenvalue weighted by Gasteiger charge is 2.40. The van der Waals surface area contributed by atoms with Crippen LogP contribution < -0.4 is 14.8 Å². The van der Waals surface area contributed by atoms with Crippen LogP contribution in [-0.2, 0) is 33.9 Å². The Balaban J connectivity index is 1.14. The number of likely N-dealkylation sites (N-methyl/N-ethyl adjacent to an activating group) is 1. The quantitative estimate of drug-likeness (QED) is 0.149. The van der Waals surface area contributed by atoms with Gasteiger partial charge in [0.25, 0.3) is 5.91 Å². The molecule has 0 aliphatic carbocycles. The van der Waals surface area contributed by atoms with Crippen LogP contribution in [0, 0.1) is 0 Å². The number of halogens is 1. The van der Waals surface area contributed by atoms with Gasteiger partial charge in [-0.15, -0.1) is 11.3 Å². The SMILES string of the molecule is COc1ccccc1COCCCOc1ccc(C2=C(C(=O)N(C)Cc3ccccc3Cl)[C@H]3CN(C(=O)Cc4cccs4)C[C@@H](C2)N3)cc1. The average Bonchev–Trinajstić information content (AvgIpc) is 3.63. The highest BCUT2D eigenvalue weighted by atomic mass is 35.5. The summed E-state index contributed by atoms with van der Waals surface area (Å²) in [5.74, 6) is 1.60. The molecule has 2 bridgehead atoms. The fraction of sp³-hybridized carbons (Fsp3) is 0.333. The minimum absolute atomic E-state index is 0.0400. The molecule has 2 amide bonds. The number of carbonyl (C=O) groups excluding carboxylic acids is 2. The second-order valence-electron chi connectivity index (χ2n) is 12.4. The molecule has 0 saturated carbocycles. The Morgan fingerprint density at radius 2 is 1.73 bits per heavy atom. The molecule has 49 heavy (non-hydrogen) atoms. The molecule has 4 aromatic rings. The fourth-order valence-corrected chi connectivity index (χ4v) is 7.40. The predicted octanol–water partition coefficient (Wildman–Crippen LogP) is 6.62. The van der Waals surface area contributed by atoms with Gasteiger partial charge < -0.3 is 29.3 Å². The maximum absolute atomic E-state index is 14.3. The van der Waals surface area contributed by atoms with Crippen LogP contribution in [0.25, 0.3) is 5.57 Å². The number of ether oxygens (including phenoxy) is 3. The van der Waals surface area contributed by atoms with E-state index in [0.29, 0.717) is 62.9 Å². The molecule has 1 aromatic heterocycles. The standard InChI is InChI=1S/C39H42ClN3O5S/c1-42(23-28-9-3-5-12-34(28)40)39(45)38-33(21-30-24-43(25-35(38)41-30)37(44)22-32-11-7-20-49-32)27-14-16-31(17-15-27)48-19-8-18-47-26-29-10-4-6-13-36(29)46-2/h3-7,9-17,20,30,35,41H,8,18-19,21-26H2,1-2H3/t30-,35-/m1/s1. The third-order valence-electron chi connectivity index (χ3n) is 8.96. The molecule has 0 radical (unpaired) electrons. The summed E-state index contributed by atoms with van der Waals surface area (Å²) >= 11 is 8.05. The van der Waals surface area contributed by atoms with E-state index in [1.165, 1.54) is 0 Å². The molecule has 2 atom stereocenters. The average molecular weight is 700 g/mol. The summed E-state index contributed by atoms with van der Waals surface area (Å²) in [5.41, 5.74) is 4.58. The number of rotatable bonds is 14. The number of nitrogens with zero attached hydrogens (tertiary/aromatic N) is 2. The van der Waals surface area contributed by atoms with Gasteiger partial charge in [-0.3, -0.25) is 9.59 Å². The topological polar surface area (TPSA) is 80.3 Å². The van der Waals surface area contributed by atoms with Crippen molar-refractivity contribution < 1.29 is 23.8 Å². The number of methoxy groups -OCH3 is 1. The van der Waals surface area contributed by atoms with Crippen LogP contribution in [0.5, 0.6) is 11.5 Å². The largest absolute Gasteiger partial charge is 0.496 e. The molecule has 1 N–H and O–H groups in total. The van der Waals surface area contributed by atoms with Gasteiger partial charge >= 0.3 is 0 Å². The van der Waals surface area contributed by atoms with Crippen molar-refractivity contribution in [2.45, 2.75) is 44.5 Å². The van der Waals surface area contributed by atoms with E-state index in [4.69, 9.17) is 25.8 Å². The highest BCUT2D eigenvalue weighted by Crippen LogP contribution is 2.35. The van der Waals surface area contributed by atoms with Gasteiger partial charge in [0.2, 0.25) is 5.91 Å². The normalized spacial score (nSPS) is 17.2. The molecule has 0 spiro atoms. The minimum Gasteiger partial charge on any atom is -0.496 e. The Morgan fingerprint density at radius 3 is 2.49 bits per heavy atom. The lowest BCUT2D eigenvalue weighted by atomic mass is 9.82.